The summed E-state index contributed by atoms with van der Waals surface area (Å²) in [6, 6.07) is 0.138. The van der Waals surface area contributed by atoms with E-state index in [-0.39, 0.29) is 24.3 Å². The van der Waals surface area contributed by atoms with Crippen LogP contribution in [-0.2, 0) is 9.59 Å². The Morgan fingerprint density at radius 3 is 2.83 bits per heavy atom. The van der Waals surface area contributed by atoms with Crippen LogP contribution in [0.1, 0.15) is 45.4 Å². The summed E-state index contributed by atoms with van der Waals surface area (Å²) in [6.07, 6.45) is 4.20. The summed E-state index contributed by atoms with van der Waals surface area (Å²) in [5, 5.41) is 8.78. The van der Waals surface area contributed by atoms with Crippen LogP contribution in [0.4, 0.5) is 0 Å². The van der Waals surface area contributed by atoms with E-state index in [9.17, 15) is 9.59 Å². The Balaban J connectivity index is 2.31. The lowest BCUT2D eigenvalue weighted by molar-refractivity contribution is -0.140. The number of nitrogens with two attached hydrogens (primary N) is 1. The lowest BCUT2D eigenvalue weighted by Crippen LogP contribution is -2.40. The minimum atomic E-state index is -0.772. The summed E-state index contributed by atoms with van der Waals surface area (Å²) >= 11 is 0. The second-order valence-electron chi connectivity index (χ2n) is 5.32. The van der Waals surface area contributed by atoms with E-state index in [2.05, 4.69) is 0 Å². The minimum absolute atomic E-state index is 0.119. The zero-order valence-electron chi connectivity index (χ0n) is 11.1. The number of carbonyl (C=O) groups is 2. The SMILES string of the molecule is CC(N)CCCC(=O)N1CCCC(CC(=O)O)C1. The van der Waals surface area contributed by atoms with Crippen LogP contribution in [-0.4, -0.2) is 41.0 Å². The number of carboxylic acids is 1. The van der Waals surface area contributed by atoms with Gasteiger partial charge in [-0.25, -0.2) is 0 Å². The molecular formula is C13H24N2O3. The van der Waals surface area contributed by atoms with Crippen LogP contribution in [0.5, 0.6) is 0 Å². The third-order valence-electron chi connectivity index (χ3n) is 3.39. The van der Waals surface area contributed by atoms with Gasteiger partial charge in [-0.05, 0) is 38.5 Å². The quantitative estimate of drug-likeness (QED) is 0.748. The molecule has 0 saturated carbocycles. The molecule has 0 aromatic rings. The van der Waals surface area contributed by atoms with E-state index >= 15 is 0 Å². The predicted molar refractivity (Wildman–Crippen MR) is 69.1 cm³/mol. The molecule has 104 valence electrons. The van der Waals surface area contributed by atoms with Gasteiger partial charge in [0.05, 0.1) is 0 Å². The summed E-state index contributed by atoms with van der Waals surface area (Å²) < 4.78 is 0. The largest absolute Gasteiger partial charge is 0.481 e. The molecule has 2 atom stereocenters. The number of amides is 1. The van der Waals surface area contributed by atoms with Crippen LogP contribution < -0.4 is 5.73 Å². The zero-order chi connectivity index (χ0) is 13.5. The van der Waals surface area contributed by atoms with Crippen molar-refractivity contribution < 1.29 is 14.7 Å². The summed E-state index contributed by atoms with van der Waals surface area (Å²) in [4.78, 5) is 24.4. The number of rotatable bonds is 6. The van der Waals surface area contributed by atoms with Gasteiger partial charge < -0.3 is 15.7 Å². The van der Waals surface area contributed by atoms with Crippen molar-refractivity contribution in [3.05, 3.63) is 0 Å². The number of hydrogen-bond donors (Lipinski definition) is 2. The molecule has 1 rings (SSSR count). The Bertz CT molecular complexity index is 292. The fourth-order valence-electron chi connectivity index (χ4n) is 2.44. The number of nitrogens with zero attached hydrogens (tertiary/aromatic N) is 1. The molecule has 1 saturated heterocycles. The van der Waals surface area contributed by atoms with Gasteiger partial charge in [-0.1, -0.05) is 0 Å². The van der Waals surface area contributed by atoms with Crippen molar-refractivity contribution in [2.24, 2.45) is 11.7 Å². The maximum absolute atomic E-state index is 11.9. The Morgan fingerprint density at radius 2 is 2.22 bits per heavy atom. The van der Waals surface area contributed by atoms with Crippen LogP contribution >= 0.6 is 0 Å². The van der Waals surface area contributed by atoms with E-state index in [1.54, 1.807) is 0 Å². The van der Waals surface area contributed by atoms with Crippen LogP contribution in [0.25, 0.3) is 0 Å². The van der Waals surface area contributed by atoms with Crippen molar-refractivity contribution in [3.63, 3.8) is 0 Å². The lowest BCUT2D eigenvalue weighted by atomic mass is 9.94. The molecular weight excluding hydrogens is 232 g/mol. The van der Waals surface area contributed by atoms with Gasteiger partial charge in [0.25, 0.3) is 0 Å². The molecule has 0 spiro atoms. The van der Waals surface area contributed by atoms with E-state index in [0.717, 1.165) is 32.2 Å². The van der Waals surface area contributed by atoms with Crippen LogP contribution in [0, 0.1) is 5.92 Å². The number of carboxylic acid groups (broad SMARTS) is 1. The van der Waals surface area contributed by atoms with E-state index in [0.29, 0.717) is 13.0 Å². The summed E-state index contributed by atoms with van der Waals surface area (Å²) in [5.74, 6) is -0.509. The highest BCUT2D eigenvalue weighted by atomic mass is 16.4. The van der Waals surface area contributed by atoms with Gasteiger partial charge in [0.15, 0.2) is 0 Å². The zero-order valence-corrected chi connectivity index (χ0v) is 11.1. The molecule has 1 heterocycles. The van der Waals surface area contributed by atoms with Crippen LogP contribution in [0.2, 0.25) is 0 Å². The van der Waals surface area contributed by atoms with Gasteiger partial charge in [-0.3, -0.25) is 9.59 Å². The topological polar surface area (TPSA) is 83.6 Å². The first-order valence-corrected chi connectivity index (χ1v) is 6.74. The highest BCUT2D eigenvalue weighted by Crippen LogP contribution is 2.20. The number of aliphatic carboxylic acids is 1. The Morgan fingerprint density at radius 1 is 1.50 bits per heavy atom. The minimum Gasteiger partial charge on any atom is -0.481 e. The van der Waals surface area contributed by atoms with Gasteiger partial charge >= 0.3 is 5.97 Å². The molecule has 2 unspecified atom stereocenters. The molecule has 1 fully saturated rings. The fourth-order valence-corrected chi connectivity index (χ4v) is 2.44. The molecule has 0 bridgehead atoms. The Labute approximate surface area is 108 Å². The third-order valence-corrected chi connectivity index (χ3v) is 3.39. The number of carbonyl (C=O) groups excluding carboxylic acids is 1. The molecule has 0 aromatic heterocycles. The van der Waals surface area contributed by atoms with Crippen molar-refractivity contribution in [3.8, 4) is 0 Å². The maximum Gasteiger partial charge on any atom is 0.303 e. The van der Waals surface area contributed by atoms with Crippen LogP contribution in [0.3, 0.4) is 0 Å². The summed E-state index contributed by atoms with van der Waals surface area (Å²) in [5.41, 5.74) is 5.64. The number of piperidine rings is 1. The molecule has 0 radical (unpaired) electrons. The van der Waals surface area contributed by atoms with Gasteiger partial charge in [0, 0.05) is 32.0 Å². The summed E-state index contributed by atoms with van der Waals surface area (Å²) in [6.45, 7) is 3.31. The van der Waals surface area contributed by atoms with Crippen molar-refractivity contribution >= 4 is 11.9 Å². The maximum atomic E-state index is 11.9. The van der Waals surface area contributed by atoms with Crippen LogP contribution in [0.15, 0.2) is 0 Å². The second-order valence-corrected chi connectivity index (χ2v) is 5.32. The Hall–Kier alpha value is -1.10. The summed E-state index contributed by atoms with van der Waals surface area (Å²) in [7, 11) is 0. The van der Waals surface area contributed by atoms with Gasteiger partial charge in [0.2, 0.25) is 5.91 Å². The van der Waals surface area contributed by atoms with Crippen molar-refractivity contribution in [1.82, 2.24) is 4.90 Å². The fraction of sp³-hybridized carbons (Fsp3) is 0.846. The second kappa shape index (κ2) is 7.36. The highest BCUT2D eigenvalue weighted by molar-refractivity contribution is 5.76. The van der Waals surface area contributed by atoms with Crippen molar-refractivity contribution in [2.45, 2.75) is 51.5 Å². The molecule has 5 heteroatoms. The lowest BCUT2D eigenvalue weighted by Gasteiger charge is -2.32. The first-order valence-electron chi connectivity index (χ1n) is 6.74. The average molecular weight is 256 g/mol. The number of likely N-dealkylation sites (tertiary alicyclic amines) is 1. The molecule has 1 amide bonds. The molecule has 3 N–H and O–H groups in total. The molecule has 1 aliphatic rings. The molecule has 1 aliphatic heterocycles. The van der Waals surface area contributed by atoms with Crippen molar-refractivity contribution in [2.75, 3.05) is 13.1 Å². The highest BCUT2D eigenvalue weighted by Gasteiger charge is 2.24. The monoisotopic (exact) mass is 256 g/mol. The van der Waals surface area contributed by atoms with Gasteiger partial charge in [-0.2, -0.15) is 0 Å². The smallest absolute Gasteiger partial charge is 0.303 e. The molecule has 0 aliphatic carbocycles. The predicted octanol–water partition coefficient (Wildman–Crippen LogP) is 1.22. The average Bonchev–Trinajstić information content (AvgIpc) is 2.27. The normalized spacial score (nSPS) is 21.7. The van der Waals surface area contributed by atoms with E-state index in [1.165, 1.54) is 0 Å². The third kappa shape index (κ3) is 5.49. The first kappa shape index (κ1) is 15.0. The van der Waals surface area contributed by atoms with E-state index < -0.39 is 5.97 Å². The van der Waals surface area contributed by atoms with E-state index in [4.69, 9.17) is 10.8 Å². The van der Waals surface area contributed by atoms with E-state index in [1.807, 2.05) is 11.8 Å². The molecule has 5 nitrogen and oxygen atoms in total. The molecule has 18 heavy (non-hydrogen) atoms. The molecule has 0 aromatic carbocycles. The van der Waals surface area contributed by atoms with Gasteiger partial charge in [-0.15, -0.1) is 0 Å². The number of hydrogen-bond acceptors (Lipinski definition) is 3. The standard InChI is InChI=1S/C13H24N2O3/c1-10(14)4-2-6-12(16)15-7-3-5-11(9-15)8-13(17)18/h10-11H,2-9,14H2,1H3,(H,17,18). The Kier molecular flexibility index (Phi) is 6.12. The van der Waals surface area contributed by atoms with Gasteiger partial charge in [0.1, 0.15) is 0 Å². The first-order chi connectivity index (χ1) is 8.49. The van der Waals surface area contributed by atoms with Crippen molar-refractivity contribution in [1.29, 1.82) is 0 Å².